The van der Waals surface area contributed by atoms with Crippen molar-refractivity contribution in [1.29, 1.82) is 0 Å². The highest BCUT2D eigenvalue weighted by atomic mass is 19.1. The summed E-state index contributed by atoms with van der Waals surface area (Å²) in [7, 11) is 1.36. The molecule has 0 aliphatic carbocycles. The molecule has 4 nitrogen and oxygen atoms in total. The molecule has 0 radical (unpaired) electrons. The zero-order valence-electron chi connectivity index (χ0n) is 9.59. The van der Waals surface area contributed by atoms with Gasteiger partial charge in [0.15, 0.2) is 0 Å². The number of nitrogens with zero attached hydrogens (tertiary/aromatic N) is 1. The molecule has 2 rings (SSSR count). The summed E-state index contributed by atoms with van der Waals surface area (Å²) in [6.45, 7) is 0. The number of furan rings is 1. The Balaban J connectivity index is 2.19. The van der Waals surface area contributed by atoms with Crippen LogP contribution in [-0.2, 0) is 0 Å². The highest BCUT2D eigenvalue weighted by Crippen LogP contribution is 2.10. The molecule has 2 aromatic rings. The number of halogens is 1. The minimum absolute atomic E-state index is 0.246. The first-order valence-corrected chi connectivity index (χ1v) is 5.20. The number of rotatable bonds is 2. The van der Waals surface area contributed by atoms with E-state index in [0.717, 1.165) is 4.90 Å². The fourth-order valence-electron chi connectivity index (χ4n) is 1.46. The number of amides is 2. The van der Waals surface area contributed by atoms with Gasteiger partial charge in [0, 0.05) is 12.6 Å². The number of imide groups is 1. The van der Waals surface area contributed by atoms with Crippen molar-refractivity contribution in [2.45, 2.75) is 0 Å². The van der Waals surface area contributed by atoms with Gasteiger partial charge in [-0.2, -0.15) is 0 Å². The average molecular weight is 247 g/mol. The highest BCUT2D eigenvalue weighted by Gasteiger charge is 2.20. The van der Waals surface area contributed by atoms with Crippen LogP contribution in [0.1, 0.15) is 20.7 Å². The van der Waals surface area contributed by atoms with Gasteiger partial charge in [-0.05, 0) is 30.3 Å². The molecule has 0 saturated carbocycles. The Morgan fingerprint density at radius 1 is 1.06 bits per heavy atom. The van der Waals surface area contributed by atoms with Crippen molar-refractivity contribution < 1.29 is 18.4 Å². The summed E-state index contributed by atoms with van der Waals surface area (Å²) >= 11 is 0. The van der Waals surface area contributed by atoms with Crippen molar-refractivity contribution in [3.63, 3.8) is 0 Å². The molecule has 0 fully saturated rings. The molecule has 0 aliphatic rings. The summed E-state index contributed by atoms with van der Waals surface area (Å²) < 4.78 is 17.5. The van der Waals surface area contributed by atoms with Crippen molar-refractivity contribution in [2.24, 2.45) is 0 Å². The zero-order chi connectivity index (χ0) is 13.1. The van der Waals surface area contributed by atoms with Gasteiger partial charge >= 0.3 is 0 Å². The maximum absolute atomic E-state index is 12.7. The molecule has 2 amide bonds. The molecule has 0 spiro atoms. The zero-order valence-corrected chi connectivity index (χ0v) is 9.59. The number of carbonyl (C=O) groups is 2. The van der Waals surface area contributed by atoms with Crippen LogP contribution in [0.25, 0.3) is 0 Å². The summed E-state index contributed by atoms with van der Waals surface area (Å²) in [5, 5.41) is 0. The van der Waals surface area contributed by atoms with E-state index in [0.29, 0.717) is 0 Å². The number of hydrogen-bond acceptors (Lipinski definition) is 3. The maximum atomic E-state index is 12.7. The topological polar surface area (TPSA) is 50.5 Å². The summed E-state index contributed by atoms with van der Waals surface area (Å²) in [6.07, 6.45) is 2.61. The van der Waals surface area contributed by atoms with Gasteiger partial charge in [-0.1, -0.05) is 0 Å². The van der Waals surface area contributed by atoms with E-state index in [1.807, 2.05) is 0 Å². The molecular formula is C13H10FNO3. The molecule has 18 heavy (non-hydrogen) atoms. The molecule has 92 valence electrons. The van der Waals surface area contributed by atoms with Gasteiger partial charge < -0.3 is 4.42 Å². The Morgan fingerprint density at radius 3 is 2.22 bits per heavy atom. The molecular weight excluding hydrogens is 237 g/mol. The monoisotopic (exact) mass is 247 g/mol. The second-order valence-electron chi connectivity index (χ2n) is 3.69. The normalized spacial score (nSPS) is 10.1. The molecule has 0 atom stereocenters. The van der Waals surface area contributed by atoms with Crippen molar-refractivity contribution in [1.82, 2.24) is 4.90 Å². The summed E-state index contributed by atoms with van der Waals surface area (Å²) in [6, 6.07) is 6.47. The van der Waals surface area contributed by atoms with Crippen LogP contribution >= 0.6 is 0 Å². The van der Waals surface area contributed by atoms with E-state index in [-0.39, 0.29) is 11.1 Å². The number of benzene rings is 1. The van der Waals surface area contributed by atoms with E-state index in [1.165, 1.54) is 49.9 Å². The van der Waals surface area contributed by atoms with Crippen LogP contribution in [0, 0.1) is 5.82 Å². The van der Waals surface area contributed by atoms with Crippen molar-refractivity contribution in [2.75, 3.05) is 7.05 Å². The first-order chi connectivity index (χ1) is 8.59. The van der Waals surface area contributed by atoms with E-state index >= 15 is 0 Å². The van der Waals surface area contributed by atoms with Crippen molar-refractivity contribution in [3.8, 4) is 0 Å². The molecule has 0 aliphatic heterocycles. The van der Waals surface area contributed by atoms with Crippen LogP contribution in [-0.4, -0.2) is 23.8 Å². The van der Waals surface area contributed by atoms with Gasteiger partial charge in [-0.25, -0.2) is 4.39 Å². The largest absolute Gasteiger partial charge is 0.472 e. The Labute approximate surface area is 103 Å². The summed E-state index contributed by atoms with van der Waals surface area (Å²) in [5.41, 5.74) is 0.531. The van der Waals surface area contributed by atoms with Gasteiger partial charge in [0.1, 0.15) is 12.1 Å². The smallest absolute Gasteiger partial charge is 0.263 e. The third-order valence-corrected chi connectivity index (χ3v) is 2.47. The minimum Gasteiger partial charge on any atom is -0.472 e. The Bertz CT molecular complexity index is 560. The Kier molecular flexibility index (Phi) is 3.23. The predicted molar refractivity (Wildman–Crippen MR) is 61.5 cm³/mol. The molecule has 0 bridgehead atoms. The third-order valence-electron chi connectivity index (χ3n) is 2.47. The van der Waals surface area contributed by atoms with Gasteiger partial charge in [0.25, 0.3) is 11.8 Å². The minimum atomic E-state index is -0.499. The molecule has 1 aromatic carbocycles. The van der Waals surface area contributed by atoms with Gasteiger partial charge in [0.2, 0.25) is 0 Å². The molecule has 0 saturated heterocycles. The van der Waals surface area contributed by atoms with E-state index in [9.17, 15) is 14.0 Å². The van der Waals surface area contributed by atoms with E-state index in [1.54, 1.807) is 0 Å². The van der Waals surface area contributed by atoms with E-state index in [2.05, 4.69) is 0 Å². The lowest BCUT2D eigenvalue weighted by atomic mass is 10.2. The van der Waals surface area contributed by atoms with Crippen molar-refractivity contribution >= 4 is 11.8 Å². The standard InChI is InChI=1S/C13H10FNO3/c1-15(13(17)10-6-7-18-8-10)12(16)9-2-4-11(14)5-3-9/h2-8H,1H3. The van der Waals surface area contributed by atoms with Crippen LogP contribution < -0.4 is 0 Å². The molecule has 1 heterocycles. The fraction of sp³-hybridized carbons (Fsp3) is 0.0769. The fourth-order valence-corrected chi connectivity index (χ4v) is 1.46. The van der Waals surface area contributed by atoms with Crippen LogP contribution in [0.3, 0.4) is 0 Å². The lowest BCUT2D eigenvalue weighted by molar-refractivity contribution is 0.0655. The molecule has 0 N–H and O–H groups in total. The Morgan fingerprint density at radius 2 is 1.67 bits per heavy atom. The summed E-state index contributed by atoms with van der Waals surface area (Å²) in [4.78, 5) is 24.8. The lowest BCUT2D eigenvalue weighted by Gasteiger charge is -2.14. The van der Waals surface area contributed by atoms with Crippen LogP contribution in [0.2, 0.25) is 0 Å². The highest BCUT2D eigenvalue weighted by molar-refractivity contribution is 6.09. The average Bonchev–Trinajstić information content (AvgIpc) is 2.91. The molecule has 5 heteroatoms. The number of carbonyl (C=O) groups excluding carboxylic acids is 2. The third kappa shape index (κ3) is 2.29. The van der Waals surface area contributed by atoms with E-state index in [4.69, 9.17) is 4.42 Å². The first-order valence-electron chi connectivity index (χ1n) is 5.20. The van der Waals surface area contributed by atoms with Crippen molar-refractivity contribution in [3.05, 3.63) is 59.8 Å². The molecule has 0 unspecified atom stereocenters. The number of hydrogen-bond donors (Lipinski definition) is 0. The maximum Gasteiger partial charge on any atom is 0.263 e. The SMILES string of the molecule is CN(C(=O)c1ccc(F)cc1)C(=O)c1ccoc1. The van der Waals surface area contributed by atoms with Gasteiger partial charge in [0.05, 0.1) is 11.8 Å². The molecule has 1 aromatic heterocycles. The quantitative estimate of drug-likeness (QED) is 0.765. The van der Waals surface area contributed by atoms with Gasteiger partial charge in [-0.15, -0.1) is 0 Å². The van der Waals surface area contributed by atoms with Crippen LogP contribution in [0.15, 0.2) is 47.3 Å². The lowest BCUT2D eigenvalue weighted by Crippen LogP contribution is -2.32. The first kappa shape index (κ1) is 12.0. The van der Waals surface area contributed by atoms with Gasteiger partial charge in [-0.3, -0.25) is 14.5 Å². The Hall–Kier alpha value is -2.43. The second-order valence-corrected chi connectivity index (χ2v) is 3.69. The van der Waals surface area contributed by atoms with Crippen LogP contribution in [0.4, 0.5) is 4.39 Å². The second kappa shape index (κ2) is 4.83. The summed E-state index contributed by atoms with van der Waals surface area (Å²) in [5.74, 6) is -1.41. The van der Waals surface area contributed by atoms with E-state index < -0.39 is 17.6 Å². The van der Waals surface area contributed by atoms with Crippen LogP contribution in [0.5, 0.6) is 0 Å². The predicted octanol–water partition coefficient (Wildman–Crippen LogP) is 2.33.